The quantitative estimate of drug-likeness (QED) is 0.756. The molecule has 1 nitrogen and oxygen atoms in total. The highest BCUT2D eigenvalue weighted by Gasteiger charge is 2.27. The molecule has 1 aromatic carbocycles. The fraction of sp³-hybridized carbons (Fsp3) is 0.474. The molecule has 1 saturated carbocycles. The second-order valence-electron chi connectivity index (χ2n) is 6.26. The van der Waals surface area contributed by atoms with Crippen LogP contribution in [-0.4, -0.2) is 6.54 Å². The number of thiophene rings is 1. The predicted octanol–water partition coefficient (Wildman–Crippen LogP) is 5.37. The molecule has 0 amide bonds. The van der Waals surface area contributed by atoms with E-state index in [4.69, 9.17) is 0 Å². The van der Waals surface area contributed by atoms with Gasteiger partial charge in [0.25, 0.3) is 0 Å². The van der Waals surface area contributed by atoms with Crippen LogP contribution in [0.4, 0.5) is 0 Å². The summed E-state index contributed by atoms with van der Waals surface area (Å²) in [5.74, 6) is 1.39. The van der Waals surface area contributed by atoms with Crippen LogP contribution in [0.1, 0.15) is 55.0 Å². The van der Waals surface area contributed by atoms with E-state index in [-0.39, 0.29) is 0 Å². The van der Waals surface area contributed by atoms with Gasteiger partial charge >= 0.3 is 0 Å². The summed E-state index contributed by atoms with van der Waals surface area (Å²) in [6.45, 7) is 3.38. The molecule has 0 aliphatic heterocycles. The Balaban J connectivity index is 1.65. The summed E-state index contributed by atoms with van der Waals surface area (Å²) in [5, 5.41) is 6.08. The van der Waals surface area contributed by atoms with E-state index in [0.29, 0.717) is 12.0 Å². The summed E-state index contributed by atoms with van der Waals surface area (Å²) in [4.78, 5) is 1.52. The Morgan fingerprint density at radius 2 is 1.86 bits per heavy atom. The molecule has 0 bridgehead atoms. The highest BCUT2D eigenvalue weighted by Crippen LogP contribution is 2.37. The van der Waals surface area contributed by atoms with Crippen LogP contribution in [0.2, 0.25) is 0 Å². The van der Waals surface area contributed by atoms with E-state index < -0.39 is 0 Å². The van der Waals surface area contributed by atoms with Crippen LogP contribution in [0.25, 0.3) is 0 Å². The maximum atomic E-state index is 3.87. The molecule has 2 atom stereocenters. The molecule has 0 spiro atoms. The molecule has 3 rings (SSSR count). The molecule has 21 heavy (non-hydrogen) atoms. The zero-order valence-electron chi connectivity index (χ0n) is 12.8. The standard InChI is InChI=1S/C19H25NS/c1-15(16-8-3-2-4-9-16)14-20-19(17-10-5-6-11-17)18-12-7-13-21-18/h2-4,7-9,12-13,15,17,19-20H,5-6,10-11,14H2,1H3. The summed E-state index contributed by atoms with van der Waals surface area (Å²) < 4.78 is 0. The maximum Gasteiger partial charge on any atom is 0.0443 e. The second-order valence-corrected chi connectivity index (χ2v) is 7.24. The lowest BCUT2D eigenvalue weighted by atomic mass is 9.95. The lowest BCUT2D eigenvalue weighted by Crippen LogP contribution is -2.29. The molecular weight excluding hydrogens is 274 g/mol. The molecule has 2 aromatic rings. The largest absolute Gasteiger partial charge is 0.308 e. The number of rotatable bonds is 6. The summed E-state index contributed by atoms with van der Waals surface area (Å²) in [7, 11) is 0. The molecule has 1 fully saturated rings. The first-order chi connectivity index (χ1) is 10.3. The van der Waals surface area contributed by atoms with Crippen LogP contribution in [-0.2, 0) is 0 Å². The highest BCUT2D eigenvalue weighted by molar-refractivity contribution is 7.10. The van der Waals surface area contributed by atoms with Crippen molar-refractivity contribution in [1.29, 1.82) is 0 Å². The van der Waals surface area contributed by atoms with Crippen molar-refractivity contribution in [1.82, 2.24) is 5.32 Å². The first-order valence-corrected chi connectivity index (χ1v) is 9.04. The van der Waals surface area contributed by atoms with E-state index in [1.807, 2.05) is 11.3 Å². The number of hydrogen-bond acceptors (Lipinski definition) is 2. The van der Waals surface area contributed by atoms with Gasteiger partial charge in [0.15, 0.2) is 0 Å². The highest BCUT2D eigenvalue weighted by atomic mass is 32.1. The van der Waals surface area contributed by atoms with Gasteiger partial charge in [0.05, 0.1) is 0 Å². The van der Waals surface area contributed by atoms with Gasteiger partial charge in [0, 0.05) is 17.5 Å². The van der Waals surface area contributed by atoms with Crippen LogP contribution in [0, 0.1) is 5.92 Å². The fourth-order valence-corrected chi connectivity index (χ4v) is 4.36. The first-order valence-electron chi connectivity index (χ1n) is 8.16. The molecule has 1 aromatic heterocycles. The maximum absolute atomic E-state index is 3.87. The van der Waals surface area contributed by atoms with Crippen LogP contribution in [0.15, 0.2) is 47.8 Å². The van der Waals surface area contributed by atoms with Crippen LogP contribution in [0.3, 0.4) is 0 Å². The molecule has 0 saturated heterocycles. The monoisotopic (exact) mass is 299 g/mol. The van der Waals surface area contributed by atoms with Crippen molar-refractivity contribution in [3.05, 3.63) is 58.3 Å². The zero-order chi connectivity index (χ0) is 14.5. The topological polar surface area (TPSA) is 12.0 Å². The molecular formula is C19H25NS. The minimum atomic E-state index is 0.554. The van der Waals surface area contributed by atoms with Crippen molar-refractivity contribution in [3.63, 3.8) is 0 Å². The van der Waals surface area contributed by atoms with E-state index in [9.17, 15) is 0 Å². The van der Waals surface area contributed by atoms with E-state index in [1.54, 1.807) is 0 Å². The predicted molar refractivity (Wildman–Crippen MR) is 91.9 cm³/mol. The van der Waals surface area contributed by atoms with Gasteiger partial charge in [-0.1, -0.05) is 56.2 Å². The third-order valence-corrected chi connectivity index (χ3v) is 5.69. The van der Waals surface area contributed by atoms with Crippen molar-refractivity contribution in [2.24, 2.45) is 5.92 Å². The van der Waals surface area contributed by atoms with E-state index in [1.165, 1.54) is 36.1 Å². The number of benzene rings is 1. The first kappa shape index (κ1) is 14.8. The van der Waals surface area contributed by atoms with Crippen molar-refractivity contribution in [3.8, 4) is 0 Å². The van der Waals surface area contributed by atoms with E-state index in [0.717, 1.165) is 12.5 Å². The summed E-state index contributed by atoms with van der Waals surface area (Å²) in [5.41, 5.74) is 1.43. The normalized spacial score (nSPS) is 18.7. The molecule has 1 N–H and O–H groups in total. The van der Waals surface area contributed by atoms with Gasteiger partial charge in [-0.2, -0.15) is 0 Å². The fourth-order valence-electron chi connectivity index (χ4n) is 3.46. The molecule has 1 aliphatic rings. The van der Waals surface area contributed by atoms with Crippen molar-refractivity contribution < 1.29 is 0 Å². The van der Waals surface area contributed by atoms with Crippen molar-refractivity contribution in [2.75, 3.05) is 6.54 Å². The molecule has 0 radical (unpaired) electrons. The Labute approximate surface area is 132 Å². The van der Waals surface area contributed by atoms with Gasteiger partial charge in [-0.25, -0.2) is 0 Å². The summed E-state index contributed by atoms with van der Waals surface area (Å²) >= 11 is 1.90. The minimum absolute atomic E-state index is 0.554. The van der Waals surface area contributed by atoms with Gasteiger partial charge in [-0.15, -0.1) is 11.3 Å². The zero-order valence-corrected chi connectivity index (χ0v) is 13.6. The minimum Gasteiger partial charge on any atom is -0.308 e. The lowest BCUT2D eigenvalue weighted by molar-refractivity contribution is 0.366. The SMILES string of the molecule is CC(CNC(c1cccs1)C1CCCC1)c1ccccc1. The van der Waals surface area contributed by atoms with Crippen LogP contribution >= 0.6 is 11.3 Å². The Hall–Kier alpha value is -1.12. The van der Waals surface area contributed by atoms with Crippen molar-refractivity contribution >= 4 is 11.3 Å². The summed E-state index contributed by atoms with van der Waals surface area (Å²) in [6.07, 6.45) is 5.58. The molecule has 1 heterocycles. The van der Waals surface area contributed by atoms with Gasteiger partial charge in [0.2, 0.25) is 0 Å². The molecule has 1 aliphatic carbocycles. The Bertz CT molecular complexity index is 514. The average molecular weight is 299 g/mol. The molecule has 2 heteroatoms. The number of nitrogens with one attached hydrogen (secondary N) is 1. The van der Waals surface area contributed by atoms with E-state index in [2.05, 4.69) is 60.1 Å². The van der Waals surface area contributed by atoms with Crippen LogP contribution in [0.5, 0.6) is 0 Å². The smallest absolute Gasteiger partial charge is 0.0443 e. The third kappa shape index (κ3) is 3.75. The Morgan fingerprint density at radius 3 is 2.52 bits per heavy atom. The number of hydrogen-bond donors (Lipinski definition) is 1. The van der Waals surface area contributed by atoms with E-state index >= 15 is 0 Å². The van der Waals surface area contributed by atoms with Crippen molar-refractivity contribution in [2.45, 2.75) is 44.6 Å². The van der Waals surface area contributed by atoms with Gasteiger partial charge in [-0.3, -0.25) is 0 Å². The van der Waals surface area contributed by atoms with Gasteiger partial charge in [0.1, 0.15) is 0 Å². The van der Waals surface area contributed by atoms with Gasteiger partial charge < -0.3 is 5.32 Å². The molecule has 112 valence electrons. The summed E-state index contributed by atoms with van der Waals surface area (Å²) in [6, 6.07) is 15.9. The molecule has 2 unspecified atom stereocenters. The average Bonchev–Trinajstić information content (AvgIpc) is 3.22. The third-order valence-electron chi connectivity index (χ3n) is 4.73. The van der Waals surface area contributed by atoms with Crippen LogP contribution < -0.4 is 5.32 Å². The van der Waals surface area contributed by atoms with Gasteiger partial charge in [-0.05, 0) is 41.7 Å². The lowest BCUT2D eigenvalue weighted by Gasteiger charge is -2.26. The second kappa shape index (κ2) is 7.24. The Kier molecular flexibility index (Phi) is 5.10. The Morgan fingerprint density at radius 1 is 1.10 bits per heavy atom.